The molecule has 0 saturated carbocycles. The summed E-state index contributed by atoms with van der Waals surface area (Å²) in [6, 6.07) is 7.47. The standard InChI is InChI=1S/C26H29N3O5S/c1-15-12-17-13-16(8-9-20(17)33-15)21-14-19(29-34-21)24(30)28-26-23(25(31)27-10-5-11-32-2)18-6-3-4-7-22(18)35-26/h8-9,13-15H,3-7,10-12H2,1-2H3,(H,27,31)(H,28,30)/t15-/m0/s1. The van der Waals surface area contributed by atoms with Gasteiger partial charge in [-0.2, -0.15) is 0 Å². The smallest absolute Gasteiger partial charge is 0.278 e. The van der Waals surface area contributed by atoms with Gasteiger partial charge in [-0.3, -0.25) is 9.59 Å². The highest BCUT2D eigenvalue weighted by Gasteiger charge is 2.27. The molecule has 1 atom stereocenters. The number of ether oxygens (including phenoxy) is 2. The summed E-state index contributed by atoms with van der Waals surface area (Å²) < 4.78 is 16.3. The van der Waals surface area contributed by atoms with Crippen LogP contribution >= 0.6 is 11.3 Å². The number of thiophene rings is 1. The first-order valence-corrected chi connectivity index (χ1v) is 12.8. The molecule has 5 rings (SSSR count). The third-order valence-corrected chi connectivity index (χ3v) is 7.57. The Morgan fingerprint density at radius 1 is 1.20 bits per heavy atom. The summed E-state index contributed by atoms with van der Waals surface area (Å²) in [5.41, 5.74) is 3.75. The molecule has 0 saturated heterocycles. The molecule has 0 spiro atoms. The van der Waals surface area contributed by atoms with Crippen LogP contribution in [0.25, 0.3) is 11.3 Å². The molecule has 0 unspecified atom stereocenters. The van der Waals surface area contributed by atoms with E-state index in [1.807, 2.05) is 25.1 Å². The molecule has 2 amide bonds. The summed E-state index contributed by atoms with van der Waals surface area (Å²) in [5.74, 6) is 0.837. The number of aryl methyl sites for hydroxylation is 1. The number of anilines is 1. The van der Waals surface area contributed by atoms with Crippen molar-refractivity contribution in [2.75, 3.05) is 25.6 Å². The number of nitrogens with zero attached hydrogens (tertiary/aromatic N) is 1. The lowest BCUT2D eigenvalue weighted by Crippen LogP contribution is -2.27. The number of rotatable bonds is 8. The van der Waals surface area contributed by atoms with Crippen LogP contribution in [0.1, 0.15) is 63.0 Å². The molecule has 1 aromatic carbocycles. The Morgan fingerprint density at radius 3 is 2.91 bits per heavy atom. The van der Waals surface area contributed by atoms with Gasteiger partial charge in [0.2, 0.25) is 0 Å². The van der Waals surface area contributed by atoms with Crippen LogP contribution in [-0.2, 0) is 24.0 Å². The molecular formula is C26H29N3O5S. The number of amides is 2. The quantitative estimate of drug-likeness (QED) is 0.442. The second-order valence-corrected chi connectivity index (χ2v) is 10.1. The van der Waals surface area contributed by atoms with Gasteiger partial charge in [0.1, 0.15) is 16.9 Å². The number of aromatic nitrogens is 1. The lowest BCUT2D eigenvalue weighted by Gasteiger charge is -2.13. The summed E-state index contributed by atoms with van der Waals surface area (Å²) in [6.45, 7) is 3.13. The van der Waals surface area contributed by atoms with Crippen molar-refractivity contribution in [2.24, 2.45) is 0 Å². The zero-order valence-electron chi connectivity index (χ0n) is 19.9. The van der Waals surface area contributed by atoms with Crippen molar-refractivity contribution in [3.8, 4) is 17.1 Å². The monoisotopic (exact) mass is 495 g/mol. The fourth-order valence-corrected chi connectivity index (χ4v) is 5.94. The van der Waals surface area contributed by atoms with Crippen molar-refractivity contribution < 1.29 is 23.6 Å². The van der Waals surface area contributed by atoms with E-state index < -0.39 is 5.91 Å². The van der Waals surface area contributed by atoms with Crippen LogP contribution in [0.15, 0.2) is 28.8 Å². The van der Waals surface area contributed by atoms with Crippen LogP contribution in [0.2, 0.25) is 0 Å². The van der Waals surface area contributed by atoms with E-state index in [1.165, 1.54) is 16.2 Å². The Morgan fingerprint density at radius 2 is 2.06 bits per heavy atom. The Bertz CT molecular complexity index is 1250. The van der Waals surface area contributed by atoms with Gasteiger partial charge in [0, 0.05) is 43.2 Å². The Balaban J connectivity index is 1.34. The number of carbonyl (C=O) groups excluding carboxylic acids is 2. The molecule has 0 fully saturated rings. The number of hydrogen-bond acceptors (Lipinski definition) is 7. The predicted molar refractivity (Wildman–Crippen MR) is 133 cm³/mol. The molecule has 9 heteroatoms. The number of methoxy groups -OCH3 is 1. The van der Waals surface area contributed by atoms with E-state index in [-0.39, 0.29) is 17.7 Å². The predicted octanol–water partition coefficient (Wildman–Crippen LogP) is 4.62. The maximum absolute atomic E-state index is 13.1. The molecule has 0 radical (unpaired) electrons. The van der Waals surface area contributed by atoms with Gasteiger partial charge in [-0.25, -0.2) is 0 Å². The molecule has 1 aliphatic heterocycles. The van der Waals surface area contributed by atoms with E-state index in [0.29, 0.717) is 29.5 Å². The fraction of sp³-hybridized carbons (Fsp3) is 0.423. The first kappa shape index (κ1) is 23.6. The van der Waals surface area contributed by atoms with Gasteiger partial charge >= 0.3 is 0 Å². The van der Waals surface area contributed by atoms with Crippen molar-refractivity contribution >= 4 is 28.2 Å². The average molecular weight is 496 g/mol. The number of hydrogen-bond donors (Lipinski definition) is 2. The lowest BCUT2D eigenvalue weighted by molar-refractivity contribution is 0.0948. The van der Waals surface area contributed by atoms with Gasteiger partial charge < -0.3 is 24.6 Å². The van der Waals surface area contributed by atoms with E-state index in [4.69, 9.17) is 14.0 Å². The minimum absolute atomic E-state index is 0.152. The second-order valence-electron chi connectivity index (χ2n) is 9.00. The summed E-state index contributed by atoms with van der Waals surface area (Å²) >= 11 is 1.48. The Kier molecular flexibility index (Phi) is 6.88. The maximum Gasteiger partial charge on any atom is 0.278 e. The number of carbonyl (C=O) groups is 2. The molecule has 8 nitrogen and oxygen atoms in total. The zero-order valence-corrected chi connectivity index (χ0v) is 20.8. The lowest BCUT2D eigenvalue weighted by atomic mass is 9.95. The minimum Gasteiger partial charge on any atom is -0.490 e. The van der Waals surface area contributed by atoms with Gasteiger partial charge in [-0.1, -0.05) is 5.16 Å². The van der Waals surface area contributed by atoms with E-state index >= 15 is 0 Å². The van der Waals surface area contributed by atoms with E-state index in [1.54, 1.807) is 13.2 Å². The van der Waals surface area contributed by atoms with Crippen LogP contribution in [-0.4, -0.2) is 43.3 Å². The van der Waals surface area contributed by atoms with Gasteiger partial charge in [-0.05, 0) is 68.4 Å². The molecule has 3 aromatic rings. The van der Waals surface area contributed by atoms with Crippen molar-refractivity contribution in [1.82, 2.24) is 10.5 Å². The van der Waals surface area contributed by atoms with Gasteiger partial charge in [-0.15, -0.1) is 11.3 Å². The first-order valence-electron chi connectivity index (χ1n) is 12.0. The van der Waals surface area contributed by atoms with E-state index in [2.05, 4.69) is 15.8 Å². The molecule has 2 aromatic heterocycles. The summed E-state index contributed by atoms with van der Waals surface area (Å²) in [4.78, 5) is 27.3. The highest BCUT2D eigenvalue weighted by molar-refractivity contribution is 7.17. The normalized spacial score (nSPS) is 16.3. The number of fused-ring (bicyclic) bond motifs is 2. The van der Waals surface area contributed by atoms with Crippen LogP contribution in [0.4, 0.5) is 5.00 Å². The zero-order chi connectivity index (χ0) is 24.4. The van der Waals surface area contributed by atoms with Crippen molar-refractivity contribution in [3.63, 3.8) is 0 Å². The average Bonchev–Trinajstić information content (AvgIpc) is 3.57. The van der Waals surface area contributed by atoms with Crippen LogP contribution in [0.3, 0.4) is 0 Å². The van der Waals surface area contributed by atoms with Crippen LogP contribution < -0.4 is 15.4 Å². The molecule has 3 heterocycles. The maximum atomic E-state index is 13.1. The van der Waals surface area contributed by atoms with Gasteiger partial charge in [0.05, 0.1) is 5.56 Å². The minimum atomic E-state index is -0.398. The summed E-state index contributed by atoms with van der Waals surface area (Å²) in [6.07, 6.45) is 5.62. The molecule has 0 bridgehead atoms. The van der Waals surface area contributed by atoms with Gasteiger partial charge in [0.15, 0.2) is 11.5 Å². The molecule has 2 N–H and O–H groups in total. The highest BCUT2D eigenvalue weighted by Crippen LogP contribution is 2.38. The Labute approximate surface area is 208 Å². The van der Waals surface area contributed by atoms with Crippen molar-refractivity contribution in [1.29, 1.82) is 0 Å². The van der Waals surface area contributed by atoms with Crippen molar-refractivity contribution in [2.45, 2.75) is 51.6 Å². The van der Waals surface area contributed by atoms with E-state index in [9.17, 15) is 9.59 Å². The SMILES string of the molecule is COCCCNC(=O)c1c(NC(=O)c2cc(-c3ccc4c(c3)C[C@H](C)O4)on2)sc2c1CCCC2. The topological polar surface area (TPSA) is 103 Å². The number of benzene rings is 1. The second kappa shape index (κ2) is 10.2. The third-order valence-electron chi connectivity index (χ3n) is 6.36. The van der Waals surface area contributed by atoms with Crippen molar-refractivity contribution in [3.05, 3.63) is 51.5 Å². The molecule has 1 aliphatic carbocycles. The molecule has 2 aliphatic rings. The van der Waals surface area contributed by atoms with E-state index in [0.717, 1.165) is 61.0 Å². The largest absolute Gasteiger partial charge is 0.490 e. The van der Waals surface area contributed by atoms with Crippen LogP contribution in [0, 0.1) is 0 Å². The van der Waals surface area contributed by atoms with Crippen LogP contribution in [0.5, 0.6) is 5.75 Å². The fourth-order valence-electron chi connectivity index (χ4n) is 4.66. The molecule has 35 heavy (non-hydrogen) atoms. The summed E-state index contributed by atoms with van der Waals surface area (Å²) in [7, 11) is 1.64. The highest BCUT2D eigenvalue weighted by atomic mass is 32.1. The van der Waals surface area contributed by atoms with Gasteiger partial charge in [0.25, 0.3) is 11.8 Å². The number of nitrogens with one attached hydrogen (secondary N) is 2. The Hall–Kier alpha value is -3.17. The first-order chi connectivity index (χ1) is 17.0. The molecular weight excluding hydrogens is 466 g/mol. The summed E-state index contributed by atoms with van der Waals surface area (Å²) in [5, 5.41) is 10.5. The third kappa shape index (κ3) is 4.97. The molecule has 184 valence electrons.